The fourth-order valence-electron chi connectivity index (χ4n) is 1.38. The van der Waals surface area contributed by atoms with Crippen molar-refractivity contribution >= 4 is 12.2 Å². The highest BCUT2D eigenvalue weighted by Gasteiger charge is 2.35. The van der Waals surface area contributed by atoms with Crippen LogP contribution in [0.15, 0.2) is 0 Å². The van der Waals surface area contributed by atoms with Crippen LogP contribution in [0.1, 0.15) is 12.8 Å². The molecule has 0 spiro atoms. The van der Waals surface area contributed by atoms with Crippen molar-refractivity contribution in [1.29, 1.82) is 0 Å². The Balaban J connectivity index is 2.52. The van der Waals surface area contributed by atoms with E-state index in [0.29, 0.717) is 0 Å². The summed E-state index contributed by atoms with van der Waals surface area (Å²) in [4.78, 5) is 22.1. The molecular weight excluding hydrogens is 230 g/mol. The topological polar surface area (TPSA) is 127 Å². The van der Waals surface area contributed by atoms with E-state index in [1.807, 2.05) is 0 Å². The molecule has 1 aliphatic carbocycles. The molecule has 0 aromatic carbocycles. The molecule has 1 saturated carbocycles. The molecule has 4 atom stereocenters. The first kappa shape index (κ1) is 14.0. The van der Waals surface area contributed by atoms with Gasteiger partial charge in [0.25, 0.3) is 0 Å². The van der Waals surface area contributed by atoms with Crippen LogP contribution in [-0.4, -0.2) is 63.6 Å². The minimum atomic E-state index is -1.70. The van der Waals surface area contributed by atoms with E-state index < -0.39 is 31.0 Å². The van der Waals surface area contributed by atoms with Crippen LogP contribution in [0, 0.1) is 5.92 Å². The molecule has 1 fully saturated rings. The SMILES string of the molecule is O=C[C@H](NC(=O)C1CC1)[C@@H](O)[C@H](O)[C@H](O)CO. The lowest BCUT2D eigenvalue weighted by Crippen LogP contribution is -2.53. The zero-order valence-corrected chi connectivity index (χ0v) is 9.19. The molecule has 0 aromatic heterocycles. The number of amides is 1. The van der Waals surface area contributed by atoms with Crippen LogP contribution in [-0.2, 0) is 9.59 Å². The average Bonchev–Trinajstić information content (AvgIpc) is 3.16. The predicted molar refractivity (Wildman–Crippen MR) is 55.8 cm³/mol. The summed E-state index contributed by atoms with van der Waals surface area (Å²) in [6.45, 7) is -0.750. The Morgan fingerprint density at radius 2 is 1.88 bits per heavy atom. The molecule has 0 saturated heterocycles. The van der Waals surface area contributed by atoms with E-state index in [9.17, 15) is 19.8 Å². The van der Waals surface area contributed by atoms with Crippen LogP contribution in [0.5, 0.6) is 0 Å². The van der Waals surface area contributed by atoms with Crippen molar-refractivity contribution in [3.8, 4) is 0 Å². The molecule has 17 heavy (non-hydrogen) atoms. The van der Waals surface area contributed by atoms with E-state index in [-0.39, 0.29) is 18.1 Å². The first-order chi connectivity index (χ1) is 8.01. The van der Waals surface area contributed by atoms with E-state index in [1.165, 1.54) is 0 Å². The quantitative estimate of drug-likeness (QED) is 0.308. The molecular formula is C10H17NO6. The van der Waals surface area contributed by atoms with E-state index in [0.717, 1.165) is 12.8 Å². The van der Waals surface area contributed by atoms with Crippen molar-refractivity contribution in [2.45, 2.75) is 37.2 Å². The highest BCUT2D eigenvalue weighted by Crippen LogP contribution is 2.28. The minimum Gasteiger partial charge on any atom is -0.394 e. The second-order valence-electron chi connectivity index (χ2n) is 4.18. The Labute approximate surface area is 98.1 Å². The van der Waals surface area contributed by atoms with Crippen molar-refractivity contribution in [2.24, 2.45) is 5.92 Å². The predicted octanol–water partition coefficient (Wildman–Crippen LogP) is -2.84. The number of aliphatic hydroxyl groups is 4. The molecule has 5 N–H and O–H groups in total. The van der Waals surface area contributed by atoms with Crippen LogP contribution in [0.2, 0.25) is 0 Å². The van der Waals surface area contributed by atoms with Crippen molar-refractivity contribution in [3.05, 3.63) is 0 Å². The van der Waals surface area contributed by atoms with Gasteiger partial charge in [0.1, 0.15) is 30.6 Å². The molecule has 0 heterocycles. The zero-order valence-electron chi connectivity index (χ0n) is 9.19. The summed E-state index contributed by atoms with van der Waals surface area (Å²) in [6, 6.07) is -1.29. The van der Waals surface area contributed by atoms with Gasteiger partial charge in [-0.15, -0.1) is 0 Å². The second kappa shape index (κ2) is 6.06. The number of carbonyl (C=O) groups is 2. The summed E-state index contributed by atoms with van der Waals surface area (Å²) < 4.78 is 0. The van der Waals surface area contributed by atoms with Gasteiger partial charge in [-0.1, -0.05) is 0 Å². The lowest BCUT2D eigenvalue weighted by Gasteiger charge is -2.26. The Morgan fingerprint density at radius 3 is 2.29 bits per heavy atom. The smallest absolute Gasteiger partial charge is 0.223 e. The minimum absolute atomic E-state index is 0.135. The molecule has 7 heteroatoms. The molecule has 0 unspecified atom stereocenters. The van der Waals surface area contributed by atoms with Gasteiger partial charge in [0.15, 0.2) is 0 Å². The lowest BCUT2D eigenvalue weighted by molar-refractivity contribution is -0.131. The Bertz CT molecular complexity index is 280. The summed E-state index contributed by atoms with van der Waals surface area (Å²) in [5.41, 5.74) is 0. The van der Waals surface area contributed by atoms with Gasteiger partial charge in [0.2, 0.25) is 5.91 Å². The number of aliphatic hydroxyl groups excluding tert-OH is 4. The summed E-state index contributed by atoms with van der Waals surface area (Å²) in [5.74, 6) is -0.489. The first-order valence-corrected chi connectivity index (χ1v) is 5.42. The largest absolute Gasteiger partial charge is 0.394 e. The molecule has 7 nitrogen and oxygen atoms in total. The first-order valence-electron chi connectivity index (χ1n) is 5.42. The van der Waals surface area contributed by atoms with Crippen molar-refractivity contribution in [1.82, 2.24) is 5.32 Å². The summed E-state index contributed by atoms with van der Waals surface area (Å²) in [7, 11) is 0. The normalized spacial score (nSPS) is 22.4. The van der Waals surface area contributed by atoms with Gasteiger partial charge in [-0.3, -0.25) is 4.79 Å². The van der Waals surface area contributed by atoms with Crippen molar-refractivity contribution in [2.75, 3.05) is 6.61 Å². The summed E-state index contributed by atoms with van der Waals surface area (Å²) in [5, 5.41) is 38.9. The van der Waals surface area contributed by atoms with Gasteiger partial charge >= 0.3 is 0 Å². The molecule has 0 bridgehead atoms. The molecule has 1 rings (SSSR count). The average molecular weight is 247 g/mol. The van der Waals surface area contributed by atoms with E-state index >= 15 is 0 Å². The zero-order chi connectivity index (χ0) is 13.0. The van der Waals surface area contributed by atoms with Gasteiger partial charge in [0.05, 0.1) is 6.61 Å². The van der Waals surface area contributed by atoms with Gasteiger partial charge in [0, 0.05) is 5.92 Å². The maximum atomic E-state index is 11.4. The number of carbonyl (C=O) groups excluding carboxylic acids is 2. The fraction of sp³-hybridized carbons (Fsp3) is 0.800. The highest BCUT2D eigenvalue weighted by atomic mass is 16.4. The molecule has 0 aliphatic heterocycles. The number of hydrogen-bond acceptors (Lipinski definition) is 6. The van der Waals surface area contributed by atoms with Crippen LogP contribution in [0.3, 0.4) is 0 Å². The Morgan fingerprint density at radius 1 is 1.29 bits per heavy atom. The highest BCUT2D eigenvalue weighted by molar-refractivity contribution is 5.83. The second-order valence-corrected chi connectivity index (χ2v) is 4.18. The van der Waals surface area contributed by atoms with E-state index in [2.05, 4.69) is 5.32 Å². The maximum Gasteiger partial charge on any atom is 0.223 e. The number of hydrogen-bond donors (Lipinski definition) is 5. The standard InChI is InChI=1S/C10H17NO6/c12-3-6(11-10(17)5-1-2-5)8(15)9(16)7(14)4-13/h3,5-9,13-16H,1-2,4H2,(H,11,17)/t6-,7+,8+,9+/m0/s1. The molecule has 0 aromatic rings. The summed E-state index contributed by atoms with van der Waals surface area (Å²) in [6.07, 6.45) is -3.14. The van der Waals surface area contributed by atoms with Gasteiger partial charge in [-0.2, -0.15) is 0 Å². The monoisotopic (exact) mass is 247 g/mol. The van der Waals surface area contributed by atoms with Crippen molar-refractivity contribution < 1.29 is 30.0 Å². The third-order valence-electron chi connectivity index (χ3n) is 2.70. The van der Waals surface area contributed by atoms with Gasteiger partial charge in [-0.05, 0) is 12.8 Å². The maximum absolute atomic E-state index is 11.4. The summed E-state index contributed by atoms with van der Waals surface area (Å²) >= 11 is 0. The number of rotatable bonds is 7. The van der Waals surface area contributed by atoms with Crippen LogP contribution < -0.4 is 5.32 Å². The fourth-order valence-corrected chi connectivity index (χ4v) is 1.38. The van der Waals surface area contributed by atoms with Gasteiger partial charge in [-0.25, -0.2) is 0 Å². The number of aldehydes is 1. The van der Waals surface area contributed by atoms with Crippen LogP contribution >= 0.6 is 0 Å². The lowest BCUT2D eigenvalue weighted by atomic mass is 10.0. The Hall–Kier alpha value is -1.02. The molecule has 1 aliphatic rings. The molecule has 98 valence electrons. The third-order valence-corrected chi connectivity index (χ3v) is 2.70. The van der Waals surface area contributed by atoms with Crippen molar-refractivity contribution in [3.63, 3.8) is 0 Å². The van der Waals surface area contributed by atoms with Crippen LogP contribution in [0.4, 0.5) is 0 Å². The van der Waals surface area contributed by atoms with E-state index in [4.69, 9.17) is 10.2 Å². The molecule has 0 radical (unpaired) electrons. The number of nitrogens with one attached hydrogen (secondary N) is 1. The van der Waals surface area contributed by atoms with Crippen LogP contribution in [0.25, 0.3) is 0 Å². The molecule has 1 amide bonds. The Kier molecular flexibility index (Phi) is 5.01. The third kappa shape index (κ3) is 3.74. The van der Waals surface area contributed by atoms with E-state index in [1.54, 1.807) is 0 Å². The van der Waals surface area contributed by atoms with Gasteiger partial charge < -0.3 is 30.5 Å².